The highest BCUT2D eigenvalue weighted by Gasteiger charge is 2.08. The summed E-state index contributed by atoms with van der Waals surface area (Å²) < 4.78 is 3.05. The molecule has 0 aliphatic rings. The normalized spacial score (nSPS) is 10.9. The molecule has 2 aromatic heterocycles. The van der Waals surface area contributed by atoms with Crippen LogP contribution in [-0.2, 0) is 6.54 Å². The number of pyridine rings is 1. The maximum Gasteiger partial charge on any atom is 0.137 e. The Labute approximate surface area is 141 Å². The van der Waals surface area contributed by atoms with Crippen LogP contribution in [0.2, 0.25) is 0 Å². The zero-order chi connectivity index (χ0) is 14.1. The number of rotatable bonds is 3. The Morgan fingerprint density at radius 3 is 2.65 bits per heavy atom. The molecular weight excluding hydrogens is 450 g/mol. The predicted molar refractivity (Wildman–Crippen MR) is 93.0 cm³/mol. The number of nitrogens with one attached hydrogen (secondary N) is 2. The maximum absolute atomic E-state index is 4.30. The molecule has 3 nitrogen and oxygen atoms in total. The SMILES string of the molecule is Brc1cc(Br)c(NCc2c[nH]c3ncccc23)c(Br)c1. The largest absolute Gasteiger partial charge is 0.379 e. The summed E-state index contributed by atoms with van der Waals surface area (Å²) in [5.41, 5.74) is 3.14. The van der Waals surface area contributed by atoms with Crippen LogP contribution < -0.4 is 5.32 Å². The molecule has 0 spiro atoms. The monoisotopic (exact) mass is 457 g/mol. The summed E-state index contributed by atoms with van der Waals surface area (Å²) in [6.45, 7) is 0.727. The summed E-state index contributed by atoms with van der Waals surface area (Å²) in [5, 5.41) is 4.58. The molecule has 0 saturated carbocycles. The van der Waals surface area contributed by atoms with Crippen LogP contribution in [0.1, 0.15) is 5.56 Å². The zero-order valence-electron chi connectivity index (χ0n) is 10.3. The molecule has 0 amide bonds. The third-order valence-electron chi connectivity index (χ3n) is 3.00. The summed E-state index contributed by atoms with van der Waals surface area (Å²) in [6, 6.07) is 8.06. The summed E-state index contributed by atoms with van der Waals surface area (Å²) >= 11 is 10.6. The fourth-order valence-corrected chi connectivity index (χ4v) is 4.59. The molecule has 0 bridgehead atoms. The molecule has 102 valence electrons. The van der Waals surface area contributed by atoms with Gasteiger partial charge < -0.3 is 10.3 Å². The number of H-pyrrole nitrogens is 1. The number of nitrogens with zero attached hydrogens (tertiary/aromatic N) is 1. The Morgan fingerprint density at radius 1 is 1.15 bits per heavy atom. The van der Waals surface area contributed by atoms with Gasteiger partial charge in [0, 0.05) is 37.7 Å². The number of hydrogen-bond acceptors (Lipinski definition) is 2. The smallest absolute Gasteiger partial charge is 0.137 e. The van der Waals surface area contributed by atoms with Crippen LogP contribution in [-0.4, -0.2) is 9.97 Å². The Hall–Kier alpha value is -0.850. The van der Waals surface area contributed by atoms with E-state index in [1.165, 1.54) is 5.56 Å². The molecule has 0 atom stereocenters. The minimum atomic E-state index is 0.727. The van der Waals surface area contributed by atoms with E-state index in [1.807, 2.05) is 24.4 Å². The van der Waals surface area contributed by atoms with Crippen molar-refractivity contribution < 1.29 is 0 Å². The van der Waals surface area contributed by atoms with Crippen LogP contribution in [0.25, 0.3) is 11.0 Å². The summed E-state index contributed by atoms with van der Waals surface area (Å²) in [7, 11) is 0. The van der Waals surface area contributed by atoms with E-state index < -0.39 is 0 Å². The Bertz CT molecular complexity index is 744. The minimum absolute atomic E-state index is 0.727. The van der Waals surface area contributed by atoms with E-state index in [0.29, 0.717) is 0 Å². The standard InChI is InChI=1S/C14H10Br3N3/c15-9-4-11(16)13(12(17)5-9)19-6-8-7-20-14-10(8)2-1-3-18-14/h1-5,7,19H,6H2,(H,18,20). The van der Waals surface area contributed by atoms with Crippen LogP contribution in [0.4, 0.5) is 5.69 Å². The van der Waals surface area contributed by atoms with E-state index in [-0.39, 0.29) is 0 Å². The second-order valence-electron chi connectivity index (χ2n) is 4.31. The van der Waals surface area contributed by atoms with Crippen molar-refractivity contribution in [1.29, 1.82) is 0 Å². The first kappa shape index (κ1) is 14.1. The van der Waals surface area contributed by atoms with E-state index in [1.54, 1.807) is 6.20 Å². The van der Waals surface area contributed by atoms with Crippen molar-refractivity contribution in [3.63, 3.8) is 0 Å². The van der Waals surface area contributed by atoms with Crippen LogP contribution in [0.3, 0.4) is 0 Å². The van der Waals surface area contributed by atoms with Crippen LogP contribution in [0.15, 0.2) is 50.1 Å². The molecule has 0 aliphatic heterocycles. The molecule has 20 heavy (non-hydrogen) atoms. The van der Waals surface area contributed by atoms with Gasteiger partial charge in [0.1, 0.15) is 5.65 Å². The average molecular weight is 460 g/mol. The third kappa shape index (κ3) is 2.77. The number of fused-ring (bicyclic) bond motifs is 1. The van der Waals surface area contributed by atoms with Gasteiger partial charge in [-0.05, 0) is 61.7 Å². The molecule has 3 aromatic rings. The molecule has 2 heterocycles. The number of hydrogen-bond donors (Lipinski definition) is 2. The van der Waals surface area contributed by atoms with Gasteiger partial charge in [0.25, 0.3) is 0 Å². The lowest BCUT2D eigenvalue weighted by Crippen LogP contribution is -2.00. The van der Waals surface area contributed by atoms with Gasteiger partial charge in [0.15, 0.2) is 0 Å². The van der Waals surface area contributed by atoms with E-state index in [2.05, 4.69) is 69.1 Å². The first-order valence-corrected chi connectivity index (χ1v) is 8.32. The molecule has 6 heteroatoms. The lowest BCUT2D eigenvalue weighted by molar-refractivity contribution is 1.15. The zero-order valence-corrected chi connectivity index (χ0v) is 15.0. The van der Waals surface area contributed by atoms with E-state index in [9.17, 15) is 0 Å². The number of aromatic amines is 1. The van der Waals surface area contributed by atoms with Crippen LogP contribution >= 0.6 is 47.8 Å². The van der Waals surface area contributed by atoms with Gasteiger partial charge in [-0.25, -0.2) is 4.98 Å². The minimum Gasteiger partial charge on any atom is -0.379 e. The van der Waals surface area contributed by atoms with Crippen molar-refractivity contribution in [2.24, 2.45) is 0 Å². The first-order chi connectivity index (χ1) is 9.65. The van der Waals surface area contributed by atoms with Gasteiger partial charge in [0.2, 0.25) is 0 Å². The summed E-state index contributed by atoms with van der Waals surface area (Å²) in [6.07, 6.45) is 3.78. The molecule has 2 N–H and O–H groups in total. The molecule has 3 rings (SSSR count). The molecule has 0 fully saturated rings. The van der Waals surface area contributed by atoms with Gasteiger partial charge in [-0.15, -0.1) is 0 Å². The van der Waals surface area contributed by atoms with Crippen molar-refractivity contribution >= 4 is 64.5 Å². The Morgan fingerprint density at radius 2 is 1.90 bits per heavy atom. The number of anilines is 1. The predicted octanol–water partition coefficient (Wildman–Crippen LogP) is 5.46. The molecule has 0 unspecified atom stereocenters. The van der Waals surface area contributed by atoms with Crippen molar-refractivity contribution in [3.05, 3.63) is 55.6 Å². The van der Waals surface area contributed by atoms with Crippen molar-refractivity contribution in [3.8, 4) is 0 Å². The second kappa shape index (κ2) is 5.87. The van der Waals surface area contributed by atoms with Crippen LogP contribution in [0, 0.1) is 0 Å². The fourth-order valence-electron chi connectivity index (χ4n) is 2.05. The highest BCUT2D eigenvalue weighted by Crippen LogP contribution is 2.34. The quantitative estimate of drug-likeness (QED) is 0.545. The third-order valence-corrected chi connectivity index (χ3v) is 4.71. The Balaban J connectivity index is 1.87. The second-order valence-corrected chi connectivity index (χ2v) is 6.94. The summed E-state index contributed by atoms with van der Waals surface area (Å²) in [4.78, 5) is 7.48. The fraction of sp³-hybridized carbons (Fsp3) is 0.0714. The van der Waals surface area contributed by atoms with Gasteiger partial charge in [-0.2, -0.15) is 0 Å². The topological polar surface area (TPSA) is 40.7 Å². The number of halogens is 3. The highest BCUT2D eigenvalue weighted by molar-refractivity contribution is 9.11. The lowest BCUT2D eigenvalue weighted by atomic mass is 10.2. The van der Waals surface area contributed by atoms with Crippen LogP contribution in [0.5, 0.6) is 0 Å². The number of benzene rings is 1. The van der Waals surface area contributed by atoms with Crippen molar-refractivity contribution in [2.75, 3.05) is 5.32 Å². The van der Waals surface area contributed by atoms with E-state index in [4.69, 9.17) is 0 Å². The number of aromatic nitrogens is 2. The maximum atomic E-state index is 4.30. The molecular formula is C14H10Br3N3. The van der Waals surface area contributed by atoms with Gasteiger partial charge in [0.05, 0.1) is 5.69 Å². The molecule has 0 aliphatic carbocycles. The van der Waals surface area contributed by atoms with Crippen molar-refractivity contribution in [1.82, 2.24) is 9.97 Å². The van der Waals surface area contributed by atoms with Gasteiger partial charge in [-0.3, -0.25) is 0 Å². The molecule has 0 saturated heterocycles. The average Bonchev–Trinajstić information content (AvgIpc) is 2.81. The first-order valence-electron chi connectivity index (χ1n) is 5.94. The van der Waals surface area contributed by atoms with E-state index in [0.717, 1.165) is 36.7 Å². The summed E-state index contributed by atoms with van der Waals surface area (Å²) in [5.74, 6) is 0. The lowest BCUT2D eigenvalue weighted by Gasteiger charge is -2.11. The molecule has 1 aromatic carbocycles. The van der Waals surface area contributed by atoms with Crippen molar-refractivity contribution in [2.45, 2.75) is 6.54 Å². The highest BCUT2D eigenvalue weighted by atomic mass is 79.9. The molecule has 0 radical (unpaired) electrons. The van der Waals surface area contributed by atoms with E-state index >= 15 is 0 Å². The Kier molecular flexibility index (Phi) is 4.14. The van der Waals surface area contributed by atoms with Gasteiger partial charge in [-0.1, -0.05) is 15.9 Å². The van der Waals surface area contributed by atoms with Gasteiger partial charge >= 0.3 is 0 Å².